The first kappa shape index (κ1) is 21.5. The molecular weight excluding hydrogens is 352 g/mol. The van der Waals surface area contributed by atoms with Gasteiger partial charge in [-0.3, -0.25) is 9.59 Å². The summed E-state index contributed by atoms with van der Waals surface area (Å²) in [5.41, 5.74) is 3.67. The van der Waals surface area contributed by atoms with E-state index < -0.39 is 0 Å². The molecule has 0 bridgehead atoms. The number of hydrogen-bond acceptors (Lipinski definition) is 3. The van der Waals surface area contributed by atoms with Crippen molar-refractivity contribution in [2.75, 3.05) is 25.0 Å². The van der Waals surface area contributed by atoms with Crippen molar-refractivity contribution in [1.82, 2.24) is 4.90 Å². The number of aryl methyl sites for hydroxylation is 1. The highest BCUT2D eigenvalue weighted by Gasteiger charge is 2.12. The van der Waals surface area contributed by atoms with Crippen molar-refractivity contribution in [1.29, 1.82) is 0 Å². The maximum absolute atomic E-state index is 12.3. The summed E-state index contributed by atoms with van der Waals surface area (Å²) in [4.78, 5) is 26.2. The minimum atomic E-state index is -0.242. The molecule has 0 fully saturated rings. The van der Waals surface area contributed by atoms with Crippen LogP contribution in [-0.4, -0.2) is 36.4 Å². The Labute approximate surface area is 167 Å². The van der Waals surface area contributed by atoms with Crippen molar-refractivity contribution in [3.05, 3.63) is 59.2 Å². The molecule has 2 rings (SSSR count). The van der Waals surface area contributed by atoms with Gasteiger partial charge in [-0.2, -0.15) is 0 Å². The molecule has 2 aromatic carbocycles. The van der Waals surface area contributed by atoms with Crippen LogP contribution < -0.4 is 10.1 Å². The highest BCUT2D eigenvalue weighted by Crippen LogP contribution is 2.23. The summed E-state index contributed by atoms with van der Waals surface area (Å²) in [6.07, 6.45) is 0. The molecule has 150 valence electrons. The number of anilines is 1. The van der Waals surface area contributed by atoms with Gasteiger partial charge in [0.15, 0.2) is 6.61 Å². The van der Waals surface area contributed by atoms with Gasteiger partial charge in [-0.1, -0.05) is 19.9 Å². The Morgan fingerprint density at radius 3 is 2.21 bits per heavy atom. The van der Waals surface area contributed by atoms with Gasteiger partial charge in [0.25, 0.3) is 11.8 Å². The molecule has 0 saturated heterocycles. The van der Waals surface area contributed by atoms with Crippen molar-refractivity contribution < 1.29 is 14.3 Å². The van der Waals surface area contributed by atoms with Gasteiger partial charge in [0.2, 0.25) is 0 Å². The molecule has 0 unspecified atom stereocenters. The number of carbonyl (C=O) groups is 2. The number of carbonyl (C=O) groups excluding carboxylic acids is 2. The monoisotopic (exact) mass is 382 g/mol. The van der Waals surface area contributed by atoms with E-state index in [0.29, 0.717) is 36.0 Å². The second kappa shape index (κ2) is 9.93. The van der Waals surface area contributed by atoms with Gasteiger partial charge in [-0.15, -0.1) is 0 Å². The van der Waals surface area contributed by atoms with Gasteiger partial charge in [-0.05, 0) is 74.2 Å². The first-order valence-corrected chi connectivity index (χ1v) is 9.78. The Morgan fingerprint density at radius 2 is 1.68 bits per heavy atom. The van der Waals surface area contributed by atoms with Crippen LogP contribution in [0.2, 0.25) is 0 Å². The SMILES string of the molecule is CCN(CC)C(=O)c1ccc(NC(=O)COc2ccc(C(C)C)c(C)c2)cc1. The van der Waals surface area contributed by atoms with E-state index in [1.165, 1.54) is 5.56 Å². The number of ether oxygens (including phenoxy) is 1. The van der Waals surface area contributed by atoms with E-state index in [1.54, 1.807) is 29.2 Å². The second-order valence-electron chi connectivity index (χ2n) is 7.06. The predicted octanol–water partition coefficient (Wildman–Crippen LogP) is 4.62. The van der Waals surface area contributed by atoms with Crippen LogP contribution in [0.5, 0.6) is 5.75 Å². The Balaban J connectivity index is 1.91. The number of amides is 2. The average molecular weight is 383 g/mol. The molecule has 0 spiro atoms. The summed E-state index contributed by atoms with van der Waals surface area (Å²) in [6, 6.07) is 12.8. The second-order valence-corrected chi connectivity index (χ2v) is 7.06. The summed E-state index contributed by atoms with van der Waals surface area (Å²) in [6.45, 7) is 11.5. The van der Waals surface area contributed by atoms with E-state index in [2.05, 4.69) is 19.2 Å². The van der Waals surface area contributed by atoms with E-state index in [-0.39, 0.29) is 18.4 Å². The zero-order valence-electron chi connectivity index (χ0n) is 17.4. The third-order valence-electron chi connectivity index (χ3n) is 4.70. The molecule has 1 N–H and O–H groups in total. The fourth-order valence-corrected chi connectivity index (χ4v) is 3.12. The molecule has 2 aromatic rings. The van der Waals surface area contributed by atoms with E-state index in [9.17, 15) is 9.59 Å². The van der Waals surface area contributed by atoms with Gasteiger partial charge in [-0.25, -0.2) is 0 Å². The lowest BCUT2D eigenvalue weighted by molar-refractivity contribution is -0.118. The lowest BCUT2D eigenvalue weighted by atomic mass is 9.98. The maximum atomic E-state index is 12.3. The van der Waals surface area contributed by atoms with Crippen LogP contribution in [0.15, 0.2) is 42.5 Å². The number of benzene rings is 2. The highest BCUT2D eigenvalue weighted by molar-refractivity contribution is 5.96. The first-order valence-electron chi connectivity index (χ1n) is 9.78. The molecule has 0 atom stereocenters. The van der Waals surface area contributed by atoms with Crippen LogP contribution in [0, 0.1) is 6.92 Å². The number of hydrogen-bond donors (Lipinski definition) is 1. The predicted molar refractivity (Wildman–Crippen MR) is 113 cm³/mol. The van der Waals surface area contributed by atoms with E-state index in [0.717, 1.165) is 5.56 Å². The zero-order valence-corrected chi connectivity index (χ0v) is 17.4. The Morgan fingerprint density at radius 1 is 1.04 bits per heavy atom. The van der Waals surface area contributed by atoms with Crippen molar-refractivity contribution >= 4 is 17.5 Å². The Kier molecular flexibility index (Phi) is 7.61. The van der Waals surface area contributed by atoms with Gasteiger partial charge in [0.1, 0.15) is 5.75 Å². The summed E-state index contributed by atoms with van der Waals surface area (Å²) in [5, 5.41) is 2.79. The van der Waals surface area contributed by atoms with Crippen molar-refractivity contribution in [2.24, 2.45) is 0 Å². The minimum absolute atomic E-state index is 0.00794. The lowest BCUT2D eigenvalue weighted by Crippen LogP contribution is -2.30. The van der Waals surface area contributed by atoms with Crippen LogP contribution in [0.4, 0.5) is 5.69 Å². The largest absolute Gasteiger partial charge is 0.484 e. The first-order chi connectivity index (χ1) is 13.3. The van der Waals surface area contributed by atoms with Crippen LogP contribution in [-0.2, 0) is 4.79 Å². The van der Waals surface area contributed by atoms with Gasteiger partial charge >= 0.3 is 0 Å². The molecule has 0 aliphatic rings. The molecule has 0 saturated carbocycles. The standard InChI is InChI=1S/C23H30N2O3/c1-6-25(7-2)23(27)18-8-10-19(11-9-18)24-22(26)15-28-20-12-13-21(16(3)4)17(5)14-20/h8-14,16H,6-7,15H2,1-5H3,(H,24,26). The molecule has 0 aliphatic carbocycles. The third kappa shape index (κ3) is 5.59. The molecule has 0 heterocycles. The summed E-state index contributed by atoms with van der Waals surface area (Å²) < 4.78 is 5.61. The topological polar surface area (TPSA) is 58.6 Å². The van der Waals surface area contributed by atoms with E-state index in [1.807, 2.05) is 39.0 Å². The molecule has 0 aliphatic heterocycles. The molecule has 28 heavy (non-hydrogen) atoms. The average Bonchev–Trinajstić information content (AvgIpc) is 2.67. The molecule has 2 amide bonds. The van der Waals surface area contributed by atoms with Crippen molar-refractivity contribution in [3.63, 3.8) is 0 Å². The maximum Gasteiger partial charge on any atom is 0.262 e. The number of nitrogens with one attached hydrogen (secondary N) is 1. The lowest BCUT2D eigenvalue weighted by Gasteiger charge is -2.18. The van der Waals surface area contributed by atoms with E-state index >= 15 is 0 Å². The summed E-state index contributed by atoms with van der Waals surface area (Å²) >= 11 is 0. The van der Waals surface area contributed by atoms with Crippen LogP contribution in [0.25, 0.3) is 0 Å². The highest BCUT2D eigenvalue weighted by atomic mass is 16.5. The normalized spacial score (nSPS) is 10.6. The number of rotatable bonds is 8. The molecular formula is C23H30N2O3. The minimum Gasteiger partial charge on any atom is -0.484 e. The summed E-state index contributed by atoms with van der Waals surface area (Å²) in [7, 11) is 0. The van der Waals surface area contributed by atoms with Crippen LogP contribution >= 0.6 is 0 Å². The molecule has 5 nitrogen and oxygen atoms in total. The Hall–Kier alpha value is -2.82. The van der Waals surface area contributed by atoms with Crippen molar-refractivity contribution in [2.45, 2.75) is 40.5 Å². The van der Waals surface area contributed by atoms with Crippen LogP contribution in [0.3, 0.4) is 0 Å². The molecule has 0 aromatic heterocycles. The smallest absolute Gasteiger partial charge is 0.262 e. The zero-order chi connectivity index (χ0) is 20.7. The van der Waals surface area contributed by atoms with E-state index in [4.69, 9.17) is 4.74 Å². The van der Waals surface area contributed by atoms with Gasteiger partial charge < -0.3 is 15.0 Å². The van der Waals surface area contributed by atoms with Gasteiger partial charge in [0, 0.05) is 24.3 Å². The molecule has 5 heteroatoms. The fourth-order valence-electron chi connectivity index (χ4n) is 3.12. The number of nitrogens with zero attached hydrogens (tertiary/aromatic N) is 1. The molecule has 0 radical (unpaired) electrons. The van der Waals surface area contributed by atoms with Gasteiger partial charge in [0.05, 0.1) is 0 Å². The Bertz CT molecular complexity index is 809. The quantitative estimate of drug-likeness (QED) is 0.725. The summed E-state index contributed by atoms with van der Waals surface area (Å²) in [5.74, 6) is 0.881. The fraction of sp³-hybridized carbons (Fsp3) is 0.391. The third-order valence-corrected chi connectivity index (χ3v) is 4.70. The van der Waals surface area contributed by atoms with Crippen LogP contribution in [0.1, 0.15) is 55.1 Å². The van der Waals surface area contributed by atoms with Crippen molar-refractivity contribution in [3.8, 4) is 5.75 Å².